The fourth-order valence-electron chi connectivity index (χ4n) is 2.18. The number of aromatic nitrogens is 3. The Morgan fingerprint density at radius 3 is 2.58 bits per heavy atom. The molecule has 0 saturated heterocycles. The minimum atomic E-state index is -0.264. The minimum absolute atomic E-state index is 0.122. The fourth-order valence-corrected chi connectivity index (χ4v) is 2.18. The second-order valence-corrected chi connectivity index (χ2v) is 5.08. The number of methoxy groups -OCH3 is 1. The van der Waals surface area contributed by atoms with Gasteiger partial charge >= 0.3 is 6.01 Å². The van der Waals surface area contributed by atoms with Crippen LogP contribution >= 0.6 is 0 Å². The number of nitrogens with one attached hydrogen (secondary N) is 1. The summed E-state index contributed by atoms with van der Waals surface area (Å²) in [5, 5.41) is 0.483. The average Bonchev–Trinajstić information content (AvgIpc) is 2.58. The molecule has 2 aromatic heterocycles. The zero-order valence-electron chi connectivity index (χ0n) is 13.4. The number of fused-ring (bicyclic) bond motifs is 1. The summed E-state index contributed by atoms with van der Waals surface area (Å²) in [6.07, 6.45) is 1.58. The molecule has 0 fully saturated rings. The molecule has 0 spiro atoms. The van der Waals surface area contributed by atoms with E-state index in [1.54, 1.807) is 50.6 Å². The Labute approximate surface area is 138 Å². The lowest BCUT2D eigenvalue weighted by Crippen LogP contribution is -2.10. The van der Waals surface area contributed by atoms with Crippen LogP contribution in [0.3, 0.4) is 0 Å². The number of aromatic amines is 1. The van der Waals surface area contributed by atoms with E-state index >= 15 is 0 Å². The van der Waals surface area contributed by atoms with Crippen LogP contribution in [0.4, 0.5) is 0 Å². The van der Waals surface area contributed by atoms with E-state index in [2.05, 4.69) is 15.0 Å². The molecular weight excluding hydrogens is 310 g/mol. The third-order valence-corrected chi connectivity index (χ3v) is 3.38. The number of pyridine rings is 1. The van der Waals surface area contributed by atoms with Gasteiger partial charge in [0.1, 0.15) is 23.6 Å². The lowest BCUT2D eigenvalue weighted by atomic mass is 10.2. The lowest BCUT2D eigenvalue weighted by Gasteiger charge is -2.08. The summed E-state index contributed by atoms with van der Waals surface area (Å²) < 4.78 is 16.0. The normalized spacial score (nSPS) is 10.8. The quantitative estimate of drug-likeness (QED) is 0.700. The van der Waals surface area contributed by atoms with Crippen LogP contribution in [0.5, 0.6) is 17.5 Å². The molecule has 7 heteroatoms. The zero-order valence-corrected chi connectivity index (χ0v) is 13.4. The Kier molecular flexibility index (Phi) is 4.72. The number of ether oxygens (including phenoxy) is 3. The molecule has 1 aromatic carbocycles. The summed E-state index contributed by atoms with van der Waals surface area (Å²) in [6, 6.07) is 8.78. The van der Waals surface area contributed by atoms with Crippen LogP contribution < -0.4 is 15.0 Å². The van der Waals surface area contributed by atoms with Gasteiger partial charge in [0.25, 0.3) is 5.56 Å². The Balaban J connectivity index is 1.80. The standard InChI is InChI=1S/C17H17N3O4/c1-11-15-14(7-8-18-11)16(21)20-17(19-15)24-13-5-3-12(4-6-13)23-10-9-22-2/h3-8H,9-10H2,1-2H3,(H,19,20,21). The maximum atomic E-state index is 12.1. The van der Waals surface area contributed by atoms with Gasteiger partial charge in [-0.15, -0.1) is 0 Å². The summed E-state index contributed by atoms with van der Waals surface area (Å²) in [7, 11) is 1.62. The van der Waals surface area contributed by atoms with E-state index in [1.165, 1.54) is 0 Å². The molecular formula is C17H17N3O4. The topological polar surface area (TPSA) is 86.3 Å². The summed E-state index contributed by atoms with van der Waals surface area (Å²) in [6.45, 7) is 2.79. The summed E-state index contributed by atoms with van der Waals surface area (Å²) in [5.74, 6) is 1.25. The smallest absolute Gasteiger partial charge is 0.302 e. The number of H-pyrrole nitrogens is 1. The van der Waals surface area contributed by atoms with Crippen molar-refractivity contribution in [3.05, 3.63) is 52.6 Å². The second kappa shape index (κ2) is 7.10. The lowest BCUT2D eigenvalue weighted by molar-refractivity contribution is 0.146. The zero-order chi connectivity index (χ0) is 16.9. The Hall–Kier alpha value is -2.93. The molecule has 0 aliphatic rings. The van der Waals surface area contributed by atoms with Gasteiger partial charge < -0.3 is 14.2 Å². The maximum Gasteiger partial charge on any atom is 0.302 e. The third kappa shape index (κ3) is 3.52. The number of hydrogen-bond donors (Lipinski definition) is 1. The first-order valence-electron chi connectivity index (χ1n) is 7.42. The van der Waals surface area contributed by atoms with E-state index in [1.807, 2.05) is 0 Å². The van der Waals surface area contributed by atoms with Crippen LogP contribution in [0, 0.1) is 6.92 Å². The van der Waals surface area contributed by atoms with Crippen molar-refractivity contribution in [3.63, 3.8) is 0 Å². The van der Waals surface area contributed by atoms with Crippen molar-refractivity contribution in [1.29, 1.82) is 0 Å². The molecule has 124 valence electrons. The van der Waals surface area contributed by atoms with Gasteiger partial charge in [0.05, 0.1) is 17.7 Å². The van der Waals surface area contributed by atoms with Crippen LogP contribution in [0.25, 0.3) is 10.9 Å². The average molecular weight is 327 g/mol. The number of nitrogens with zero attached hydrogens (tertiary/aromatic N) is 2. The van der Waals surface area contributed by atoms with E-state index in [4.69, 9.17) is 14.2 Å². The Bertz CT molecular complexity index is 890. The van der Waals surface area contributed by atoms with Crippen LogP contribution in [0.2, 0.25) is 0 Å². The van der Waals surface area contributed by atoms with E-state index < -0.39 is 0 Å². The summed E-state index contributed by atoms with van der Waals surface area (Å²) in [4.78, 5) is 23.2. The van der Waals surface area contributed by atoms with Crippen molar-refractivity contribution >= 4 is 10.9 Å². The predicted octanol–water partition coefficient (Wildman–Crippen LogP) is 2.44. The molecule has 2 heterocycles. The van der Waals surface area contributed by atoms with Gasteiger partial charge in [-0.05, 0) is 37.3 Å². The summed E-state index contributed by atoms with van der Waals surface area (Å²) >= 11 is 0. The first kappa shape index (κ1) is 15.9. The highest BCUT2D eigenvalue weighted by molar-refractivity contribution is 5.79. The van der Waals surface area contributed by atoms with Crippen molar-refractivity contribution < 1.29 is 14.2 Å². The van der Waals surface area contributed by atoms with Gasteiger partial charge in [-0.25, -0.2) is 0 Å². The third-order valence-electron chi connectivity index (χ3n) is 3.38. The largest absolute Gasteiger partial charge is 0.491 e. The van der Waals surface area contributed by atoms with Gasteiger partial charge in [-0.3, -0.25) is 14.8 Å². The van der Waals surface area contributed by atoms with Crippen molar-refractivity contribution in [3.8, 4) is 17.5 Å². The van der Waals surface area contributed by atoms with Gasteiger partial charge in [0, 0.05) is 13.3 Å². The van der Waals surface area contributed by atoms with Crippen molar-refractivity contribution in [2.75, 3.05) is 20.3 Å². The van der Waals surface area contributed by atoms with Gasteiger partial charge in [-0.1, -0.05) is 0 Å². The van der Waals surface area contributed by atoms with Gasteiger partial charge in [0.15, 0.2) is 0 Å². The van der Waals surface area contributed by atoms with Gasteiger partial charge in [0.2, 0.25) is 0 Å². The Morgan fingerprint density at radius 1 is 1.08 bits per heavy atom. The number of benzene rings is 1. The SMILES string of the molecule is COCCOc1ccc(Oc2nc3c(C)nccc3c(=O)[nH]2)cc1. The molecule has 0 bridgehead atoms. The van der Waals surface area contributed by atoms with Crippen LogP contribution in [0.1, 0.15) is 5.69 Å². The molecule has 0 aliphatic heterocycles. The monoisotopic (exact) mass is 327 g/mol. The first-order chi connectivity index (χ1) is 11.7. The van der Waals surface area contributed by atoms with Crippen molar-refractivity contribution in [2.24, 2.45) is 0 Å². The molecule has 0 radical (unpaired) electrons. The summed E-state index contributed by atoms with van der Waals surface area (Å²) in [5.41, 5.74) is 0.932. The number of aryl methyl sites for hydroxylation is 1. The molecule has 1 N–H and O–H groups in total. The molecule has 0 saturated carbocycles. The molecule has 7 nitrogen and oxygen atoms in total. The van der Waals surface area contributed by atoms with E-state index in [-0.39, 0.29) is 11.6 Å². The number of rotatable bonds is 6. The molecule has 3 rings (SSSR count). The van der Waals surface area contributed by atoms with E-state index in [9.17, 15) is 4.79 Å². The van der Waals surface area contributed by atoms with Gasteiger partial charge in [-0.2, -0.15) is 4.98 Å². The molecule has 0 amide bonds. The predicted molar refractivity (Wildman–Crippen MR) is 88.8 cm³/mol. The van der Waals surface area contributed by atoms with Crippen LogP contribution in [0.15, 0.2) is 41.3 Å². The van der Waals surface area contributed by atoms with Crippen molar-refractivity contribution in [2.45, 2.75) is 6.92 Å². The minimum Gasteiger partial charge on any atom is -0.491 e. The Morgan fingerprint density at radius 2 is 1.83 bits per heavy atom. The molecule has 0 aliphatic carbocycles. The van der Waals surface area contributed by atoms with Crippen LogP contribution in [-0.4, -0.2) is 35.3 Å². The second-order valence-electron chi connectivity index (χ2n) is 5.08. The molecule has 0 unspecified atom stereocenters. The van der Waals surface area contributed by atoms with E-state index in [0.717, 1.165) is 0 Å². The molecule has 0 atom stereocenters. The van der Waals surface area contributed by atoms with Crippen molar-refractivity contribution in [1.82, 2.24) is 15.0 Å². The number of hydrogen-bond acceptors (Lipinski definition) is 6. The molecule has 3 aromatic rings. The fraction of sp³-hybridized carbons (Fsp3) is 0.235. The highest BCUT2D eigenvalue weighted by Gasteiger charge is 2.08. The first-order valence-corrected chi connectivity index (χ1v) is 7.42. The van der Waals surface area contributed by atoms with Crippen LogP contribution in [-0.2, 0) is 4.74 Å². The highest BCUT2D eigenvalue weighted by atomic mass is 16.5. The molecule has 24 heavy (non-hydrogen) atoms. The highest BCUT2D eigenvalue weighted by Crippen LogP contribution is 2.22. The maximum absolute atomic E-state index is 12.1. The van der Waals surface area contributed by atoms with E-state index in [0.29, 0.717) is 41.3 Å².